The summed E-state index contributed by atoms with van der Waals surface area (Å²) in [6.45, 7) is 2.02. The van der Waals surface area contributed by atoms with Crippen LogP contribution in [0.15, 0.2) is 30.3 Å². The Balaban J connectivity index is 2.58. The summed E-state index contributed by atoms with van der Waals surface area (Å²) in [5, 5.41) is 7.81. The van der Waals surface area contributed by atoms with Crippen molar-refractivity contribution in [3.8, 4) is 11.1 Å². The van der Waals surface area contributed by atoms with Crippen LogP contribution in [0, 0.1) is 6.92 Å². The van der Waals surface area contributed by atoms with Gasteiger partial charge in [-0.1, -0.05) is 41.4 Å². The number of anilines is 1. The number of hydrogen-bond acceptors (Lipinski definition) is 3. The molecule has 3 nitrogen and oxygen atoms in total. The molecule has 0 fully saturated rings. The molecule has 1 aromatic heterocycles. The van der Waals surface area contributed by atoms with Crippen LogP contribution in [0.25, 0.3) is 11.1 Å². The summed E-state index contributed by atoms with van der Waals surface area (Å²) in [5.41, 5.74) is 8.73. The largest absolute Gasteiger partial charge is 0.382 e. The Kier molecular flexibility index (Phi) is 2.56. The van der Waals surface area contributed by atoms with Gasteiger partial charge in [0.1, 0.15) is 0 Å². The SMILES string of the molecule is Cc1cccc(-c2cc(Cl)nnc2N)c1. The van der Waals surface area contributed by atoms with Crippen LogP contribution in [-0.4, -0.2) is 10.2 Å². The van der Waals surface area contributed by atoms with Crippen LogP contribution in [0.2, 0.25) is 5.15 Å². The maximum atomic E-state index is 5.78. The van der Waals surface area contributed by atoms with E-state index in [1.165, 1.54) is 5.56 Å². The monoisotopic (exact) mass is 219 g/mol. The van der Waals surface area contributed by atoms with E-state index in [2.05, 4.69) is 10.2 Å². The number of nitrogens with two attached hydrogens (primary N) is 1. The Labute approximate surface area is 92.9 Å². The quantitative estimate of drug-likeness (QED) is 0.802. The normalized spacial score (nSPS) is 10.3. The zero-order valence-electron chi connectivity index (χ0n) is 8.24. The van der Waals surface area contributed by atoms with E-state index < -0.39 is 0 Å². The molecule has 15 heavy (non-hydrogen) atoms. The van der Waals surface area contributed by atoms with E-state index in [-0.39, 0.29) is 0 Å². The molecule has 4 heteroatoms. The Hall–Kier alpha value is -1.61. The molecule has 0 aliphatic heterocycles. The molecule has 1 aromatic carbocycles. The average Bonchev–Trinajstić information content (AvgIpc) is 2.22. The molecule has 0 spiro atoms. The Morgan fingerprint density at radius 3 is 2.73 bits per heavy atom. The molecule has 76 valence electrons. The van der Waals surface area contributed by atoms with E-state index >= 15 is 0 Å². The third-order valence-corrected chi connectivity index (χ3v) is 2.31. The predicted octanol–water partition coefficient (Wildman–Crippen LogP) is 2.69. The first kappa shape index (κ1) is 9.93. The fourth-order valence-corrected chi connectivity index (χ4v) is 1.57. The molecule has 0 atom stereocenters. The number of aryl methyl sites for hydroxylation is 1. The minimum atomic E-state index is 0.348. The smallest absolute Gasteiger partial charge is 0.154 e. The summed E-state index contributed by atoms with van der Waals surface area (Å²) >= 11 is 5.78. The lowest BCUT2D eigenvalue weighted by atomic mass is 10.1. The standard InChI is InChI=1S/C11H10ClN3/c1-7-3-2-4-8(5-7)9-6-10(12)14-15-11(9)13/h2-6H,1H3,(H2,13,15). The second kappa shape index (κ2) is 3.87. The summed E-state index contributed by atoms with van der Waals surface area (Å²) < 4.78 is 0. The van der Waals surface area contributed by atoms with Gasteiger partial charge in [-0.2, -0.15) is 0 Å². The Morgan fingerprint density at radius 2 is 2.00 bits per heavy atom. The van der Waals surface area contributed by atoms with Gasteiger partial charge in [-0.15, -0.1) is 10.2 Å². The first-order chi connectivity index (χ1) is 7.16. The fourth-order valence-electron chi connectivity index (χ4n) is 1.42. The molecule has 0 unspecified atom stereocenters. The lowest BCUT2D eigenvalue weighted by Gasteiger charge is -2.05. The van der Waals surface area contributed by atoms with Gasteiger partial charge < -0.3 is 5.73 Å². The Bertz CT molecular complexity index is 497. The van der Waals surface area contributed by atoms with E-state index in [0.29, 0.717) is 11.0 Å². The second-order valence-corrected chi connectivity index (χ2v) is 3.72. The van der Waals surface area contributed by atoms with Crippen LogP contribution in [0.3, 0.4) is 0 Å². The highest BCUT2D eigenvalue weighted by atomic mass is 35.5. The average molecular weight is 220 g/mol. The molecule has 0 aliphatic rings. The third-order valence-electron chi connectivity index (χ3n) is 2.12. The van der Waals surface area contributed by atoms with E-state index in [1.54, 1.807) is 6.07 Å². The van der Waals surface area contributed by atoms with Gasteiger partial charge in [0.05, 0.1) is 0 Å². The maximum absolute atomic E-state index is 5.78. The van der Waals surface area contributed by atoms with E-state index in [1.807, 2.05) is 31.2 Å². The highest BCUT2D eigenvalue weighted by Gasteiger charge is 2.05. The third kappa shape index (κ3) is 2.07. The lowest BCUT2D eigenvalue weighted by Crippen LogP contribution is -1.96. The molecule has 0 amide bonds. The number of nitrogen functional groups attached to an aromatic ring is 1. The van der Waals surface area contributed by atoms with Gasteiger partial charge in [-0.05, 0) is 18.6 Å². The molecule has 0 saturated carbocycles. The van der Waals surface area contributed by atoms with E-state index in [0.717, 1.165) is 11.1 Å². The minimum absolute atomic E-state index is 0.348. The highest BCUT2D eigenvalue weighted by molar-refractivity contribution is 6.29. The van der Waals surface area contributed by atoms with Gasteiger partial charge in [0.25, 0.3) is 0 Å². The molecule has 0 aliphatic carbocycles. The molecular weight excluding hydrogens is 210 g/mol. The molecule has 2 aromatic rings. The van der Waals surface area contributed by atoms with Crippen LogP contribution < -0.4 is 5.73 Å². The summed E-state index contributed by atoms with van der Waals surface area (Å²) in [6.07, 6.45) is 0. The molecule has 2 rings (SSSR count). The Morgan fingerprint density at radius 1 is 1.20 bits per heavy atom. The molecule has 2 N–H and O–H groups in total. The zero-order valence-corrected chi connectivity index (χ0v) is 8.99. The van der Waals surface area contributed by atoms with Crippen molar-refractivity contribution in [1.82, 2.24) is 10.2 Å². The van der Waals surface area contributed by atoms with E-state index in [4.69, 9.17) is 17.3 Å². The van der Waals surface area contributed by atoms with Crippen molar-refractivity contribution >= 4 is 17.4 Å². The highest BCUT2D eigenvalue weighted by Crippen LogP contribution is 2.26. The minimum Gasteiger partial charge on any atom is -0.382 e. The van der Waals surface area contributed by atoms with Gasteiger partial charge in [-0.25, -0.2) is 0 Å². The summed E-state index contributed by atoms with van der Waals surface area (Å²) in [4.78, 5) is 0. The molecule has 1 heterocycles. The van der Waals surface area contributed by atoms with Crippen molar-refractivity contribution < 1.29 is 0 Å². The van der Waals surface area contributed by atoms with Crippen LogP contribution in [0.1, 0.15) is 5.56 Å². The van der Waals surface area contributed by atoms with Gasteiger partial charge in [0.15, 0.2) is 11.0 Å². The van der Waals surface area contributed by atoms with Crippen molar-refractivity contribution in [2.75, 3.05) is 5.73 Å². The second-order valence-electron chi connectivity index (χ2n) is 3.34. The van der Waals surface area contributed by atoms with Crippen molar-refractivity contribution in [2.24, 2.45) is 0 Å². The van der Waals surface area contributed by atoms with Crippen molar-refractivity contribution in [3.63, 3.8) is 0 Å². The first-order valence-corrected chi connectivity index (χ1v) is 4.90. The van der Waals surface area contributed by atoms with Crippen LogP contribution in [-0.2, 0) is 0 Å². The van der Waals surface area contributed by atoms with Crippen LogP contribution >= 0.6 is 11.6 Å². The fraction of sp³-hybridized carbons (Fsp3) is 0.0909. The first-order valence-electron chi connectivity index (χ1n) is 4.52. The van der Waals surface area contributed by atoms with Gasteiger partial charge >= 0.3 is 0 Å². The zero-order chi connectivity index (χ0) is 10.8. The lowest BCUT2D eigenvalue weighted by molar-refractivity contribution is 1.04. The number of hydrogen-bond donors (Lipinski definition) is 1. The number of nitrogens with zero attached hydrogens (tertiary/aromatic N) is 2. The number of halogens is 1. The van der Waals surface area contributed by atoms with Crippen molar-refractivity contribution in [1.29, 1.82) is 0 Å². The summed E-state index contributed by atoms with van der Waals surface area (Å²) in [7, 11) is 0. The molecule has 0 bridgehead atoms. The molecular formula is C11H10ClN3. The maximum Gasteiger partial charge on any atom is 0.154 e. The van der Waals surface area contributed by atoms with Gasteiger partial charge in [-0.3, -0.25) is 0 Å². The molecule has 0 radical (unpaired) electrons. The van der Waals surface area contributed by atoms with Crippen LogP contribution in [0.5, 0.6) is 0 Å². The summed E-state index contributed by atoms with van der Waals surface area (Å²) in [5.74, 6) is 0.394. The number of aromatic nitrogens is 2. The van der Waals surface area contributed by atoms with Gasteiger partial charge in [0.2, 0.25) is 0 Å². The van der Waals surface area contributed by atoms with Crippen molar-refractivity contribution in [3.05, 3.63) is 41.0 Å². The topological polar surface area (TPSA) is 51.8 Å². The summed E-state index contributed by atoms with van der Waals surface area (Å²) in [6, 6.07) is 9.72. The number of benzene rings is 1. The van der Waals surface area contributed by atoms with Crippen molar-refractivity contribution in [2.45, 2.75) is 6.92 Å². The van der Waals surface area contributed by atoms with Gasteiger partial charge in [0, 0.05) is 5.56 Å². The number of rotatable bonds is 1. The molecule has 0 saturated heterocycles. The van der Waals surface area contributed by atoms with Crippen LogP contribution in [0.4, 0.5) is 5.82 Å². The predicted molar refractivity (Wildman–Crippen MR) is 61.6 cm³/mol. The van der Waals surface area contributed by atoms with E-state index in [9.17, 15) is 0 Å².